The lowest BCUT2D eigenvalue weighted by atomic mass is 9.87. The summed E-state index contributed by atoms with van der Waals surface area (Å²) in [6.45, 7) is 7.42. The second kappa shape index (κ2) is 8.07. The molecule has 0 radical (unpaired) electrons. The van der Waals surface area contributed by atoms with Gasteiger partial charge in [0.05, 0.1) is 20.8 Å². The number of likely N-dealkylation sites (tertiary alicyclic amines) is 1. The zero-order valence-corrected chi connectivity index (χ0v) is 19.4. The molecule has 0 saturated carbocycles. The van der Waals surface area contributed by atoms with E-state index in [1.54, 1.807) is 12.1 Å². The third-order valence-corrected chi connectivity index (χ3v) is 7.06. The first-order chi connectivity index (χ1) is 14.2. The first-order valence-corrected chi connectivity index (χ1v) is 11.1. The smallest absolute Gasteiger partial charge is 0.225 e. The van der Waals surface area contributed by atoms with Crippen molar-refractivity contribution < 1.29 is 9.63 Å². The van der Waals surface area contributed by atoms with E-state index in [-0.39, 0.29) is 11.8 Å². The molecule has 158 valence electrons. The second-order valence-corrected chi connectivity index (χ2v) is 9.70. The van der Waals surface area contributed by atoms with Crippen molar-refractivity contribution in [2.75, 3.05) is 13.1 Å². The molecule has 1 amide bonds. The van der Waals surface area contributed by atoms with Crippen LogP contribution in [0.2, 0.25) is 15.1 Å². The molecule has 1 saturated heterocycles. The molecule has 30 heavy (non-hydrogen) atoms. The number of hydrogen-bond acceptors (Lipinski definition) is 3. The number of oxime groups is 1. The predicted octanol–water partition coefficient (Wildman–Crippen LogP) is 6.27. The Morgan fingerprint density at radius 2 is 1.73 bits per heavy atom. The van der Waals surface area contributed by atoms with Crippen molar-refractivity contribution >= 4 is 46.4 Å². The van der Waals surface area contributed by atoms with Crippen LogP contribution in [0.5, 0.6) is 0 Å². The van der Waals surface area contributed by atoms with Gasteiger partial charge in [0.15, 0.2) is 5.60 Å². The average molecular weight is 466 g/mol. The molecule has 2 aliphatic heterocycles. The molecule has 7 heteroatoms. The first-order valence-electron chi connectivity index (χ1n) is 9.97. The first kappa shape index (κ1) is 21.5. The van der Waals surface area contributed by atoms with Gasteiger partial charge in [-0.15, -0.1) is 0 Å². The van der Waals surface area contributed by atoms with E-state index in [1.807, 2.05) is 25.7 Å². The fourth-order valence-electron chi connectivity index (χ4n) is 3.89. The van der Waals surface area contributed by atoms with Crippen LogP contribution in [0.1, 0.15) is 49.8 Å². The Balaban J connectivity index is 1.43. The number of benzene rings is 2. The van der Waals surface area contributed by atoms with Gasteiger partial charge in [-0.25, -0.2) is 0 Å². The van der Waals surface area contributed by atoms with Crippen molar-refractivity contribution in [1.82, 2.24) is 4.90 Å². The van der Waals surface area contributed by atoms with Crippen LogP contribution >= 0.6 is 34.8 Å². The summed E-state index contributed by atoms with van der Waals surface area (Å²) in [5.41, 5.74) is 3.31. The Bertz CT molecular complexity index is 991. The minimum atomic E-state index is -0.655. The van der Waals surface area contributed by atoms with E-state index >= 15 is 0 Å². The lowest BCUT2D eigenvalue weighted by Gasteiger charge is -2.40. The van der Waals surface area contributed by atoms with Crippen molar-refractivity contribution in [2.45, 2.75) is 38.7 Å². The summed E-state index contributed by atoms with van der Waals surface area (Å²) >= 11 is 18.5. The quantitative estimate of drug-likeness (QED) is 0.499. The Labute approximate surface area is 191 Å². The molecule has 0 N–H and O–H groups in total. The van der Waals surface area contributed by atoms with Gasteiger partial charge < -0.3 is 9.74 Å². The number of hydrogen-bond donors (Lipinski definition) is 0. The largest absolute Gasteiger partial charge is 0.384 e. The van der Waals surface area contributed by atoms with Gasteiger partial charge >= 0.3 is 0 Å². The highest BCUT2D eigenvalue weighted by atomic mass is 35.5. The summed E-state index contributed by atoms with van der Waals surface area (Å²) in [7, 11) is 0. The predicted molar refractivity (Wildman–Crippen MR) is 122 cm³/mol. The lowest BCUT2D eigenvalue weighted by Crippen LogP contribution is -2.49. The highest BCUT2D eigenvalue weighted by Crippen LogP contribution is 2.41. The van der Waals surface area contributed by atoms with Gasteiger partial charge in [0, 0.05) is 36.9 Å². The molecule has 4 rings (SSSR count). The Kier molecular flexibility index (Phi) is 5.78. The monoisotopic (exact) mass is 464 g/mol. The normalized spacial score (nSPS) is 21.4. The zero-order chi connectivity index (χ0) is 21.6. The number of halogens is 3. The van der Waals surface area contributed by atoms with Gasteiger partial charge in [0.25, 0.3) is 0 Å². The molecule has 0 aliphatic carbocycles. The number of carbonyl (C=O) groups excluding carboxylic acids is 1. The maximum atomic E-state index is 12.0. The van der Waals surface area contributed by atoms with Gasteiger partial charge in [-0.2, -0.15) is 0 Å². The minimum Gasteiger partial charge on any atom is -0.384 e. The second-order valence-electron chi connectivity index (χ2n) is 8.51. The maximum Gasteiger partial charge on any atom is 0.225 e. The molecule has 0 spiro atoms. The summed E-state index contributed by atoms with van der Waals surface area (Å²) in [5, 5.41) is 5.45. The van der Waals surface area contributed by atoms with Crippen LogP contribution < -0.4 is 0 Å². The summed E-state index contributed by atoms with van der Waals surface area (Å²) in [6, 6.07) is 11.9. The topological polar surface area (TPSA) is 41.9 Å². The number of carbonyl (C=O) groups is 1. The van der Waals surface area contributed by atoms with Crippen LogP contribution in [0.4, 0.5) is 0 Å². The van der Waals surface area contributed by atoms with E-state index in [1.165, 1.54) is 5.56 Å². The van der Waals surface area contributed by atoms with Crippen molar-refractivity contribution in [2.24, 2.45) is 11.1 Å². The maximum absolute atomic E-state index is 12.0. The van der Waals surface area contributed by atoms with Crippen LogP contribution in [0.25, 0.3) is 0 Å². The fraction of sp³-hybridized carbons (Fsp3) is 0.391. The van der Waals surface area contributed by atoms with Crippen LogP contribution in [0.3, 0.4) is 0 Å². The molecular formula is C23H23Cl3N2O2. The molecule has 2 aromatic rings. The lowest BCUT2D eigenvalue weighted by molar-refractivity contribution is -0.138. The summed E-state index contributed by atoms with van der Waals surface area (Å²) in [4.78, 5) is 19.8. The third-order valence-electron chi connectivity index (χ3n) is 5.86. The van der Waals surface area contributed by atoms with Gasteiger partial charge in [-0.05, 0) is 30.2 Å². The van der Waals surface area contributed by atoms with Gasteiger partial charge in [-0.3, -0.25) is 4.79 Å². The standard InChI is InChI=1S/C23H23Cl3N2O2/c1-13(2)22(29)28-11-16(12-28)14-4-6-15(7-5-14)20-10-23(3,30-27-20)17-8-18(24)21(26)19(25)9-17/h4-9,13,16H,10-12H2,1-3H3. The van der Waals surface area contributed by atoms with Crippen molar-refractivity contribution in [3.05, 3.63) is 68.2 Å². The van der Waals surface area contributed by atoms with E-state index in [2.05, 4.69) is 29.4 Å². The van der Waals surface area contributed by atoms with Gasteiger partial charge in [0.2, 0.25) is 5.91 Å². The molecule has 2 aliphatic rings. The fourth-order valence-corrected chi connectivity index (χ4v) is 4.49. The van der Waals surface area contributed by atoms with E-state index < -0.39 is 5.60 Å². The van der Waals surface area contributed by atoms with Crippen LogP contribution in [-0.2, 0) is 15.2 Å². The minimum absolute atomic E-state index is 0.0495. The summed E-state index contributed by atoms with van der Waals surface area (Å²) < 4.78 is 0. The molecule has 2 aromatic carbocycles. The Hall–Kier alpha value is -1.75. The summed E-state index contributed by atoms with van der Waals surface area (Å²) in [6.07, 6.45) is 0.598. The molecule has 2 heterocycles. The highest BCUT2D eigenvalue weighted by molar-refractivity contribution is 6.48. The molecule has 4 nitrogen and oxygen atoms in total. The van der Waals surface area contributed by atoms with Crippen LogP contribution in [0.15, 0.2) is 41.6 Å². The molecule has 1 atom stereocenters. The summed E-state index contributed by atoms with van der Waals surface area (Å²) in [5.74, 6) is 0.669. The molecule has 1 unspecified atom stereocenters. The third kappa shape index (κ3) is 3.93. The van der Waals surface area contributed by atoms with E-state index in [4.69, 9.17) is 39.6 Å². The average Bonchev–Trinajstić information content (AvgIpc) is 3.08. The molecular weight excluding hydrogens is 443 g/mol. The van der Waals surface area contributed by atoms with E-state index in [0.29, 0.717) is 27.4 Å². The van der Waals surface area contributed by atoms with Crippen LogP contribution in [0, 0.1) is 5.92 Å². The van der Waals surface area contributed by atoms with Gasteiger partial charge in [-0.1, -0.05) is 78.1 Å². The van der Waals surface area contributed by atoms with Crippen LogP contribution in [-0.4, -0.2) is 29.6 Å². The number of nitrogens with zero attached hydrogens (tertiary/aromatic N) is 2. The van der Waals surface area contributed by atoms with E-state index in [9.17, 15) is 4.79 Å². The van der Waals surface area contributed by atoms with Gasteiger partial charge in [0.1, 0.15) is 0 Å². The SMILES string of the molecule is CC(C)C(=O)N1CC(c2ccc(C3=NOC(C)(c4cc(Cl)c(Cl)c(Cl)c4)C3)cc2)C1. The Morgan fingerprint density at radius 1 is 1.13 bits per heavy atom. The van der Waals surface area contributed by atoms with Crippen molar-refractivity contribution in [1.29, 1.82) is 0 Å². The molecule has 0 bridgehead atoms. The number of amides is 1. The molecule has 0 aromatic heterocycles. The van der Waals surface area contributed by atoms with Crippen molar-refractivity contribution in [3.63, 3.8) is 0 Å². The van der Waals surface area contributed by atoms with Crippen molar-refractivity contribution in [3.8, 4) is 0 Å². The molecule has 1 fully saturated rings. The highest BCUT2D eigenvalue weighted by Gasteiger charge is 2.38. The van der Waals surface area contributed by atoms with E-state index in [0.717, 1.165) is 29.9 Å². The zero-order valence-electron chi connectivity index (χ0n) is 17.1. The Morgan fingerprint density at radius 3 is 2.30 bits per heavy atom. The number of rotatable bonds is 4.